The first-order valence-corrected chi connectivity index (χ1v) is 12.3. The van der Waals surface area contributed by atoms with Crippen molar-refractivity contribution >= 4 is 22.3 Å². The van der Waals surface area contributed by atoms with E-state index in [1.807, 2.05) is 26.0 Å². The first-order chi connectivity index (χ1) is 17.5. The lowest BCUT2D eigenvalue weighted by molar-refractivity contribution is 0.189. The third-order valence-corrected chi connectivity index (χ3v) is 7.33. The molecule has 1 aromatic heterocycles. The summed E-state index contributed by atoms with van der Waals surface area (Å²) in [5.41, 5.74) is 6.81. The van der Waals surface area contributed by atoms with Gasteiger partial charge in [0.05, 0.1) is 47.1 Å². The van der Waals surface area contributed by atoms with Gasteiger partial charge in [0.2, 0.25) is 0 Å². The second-order valence-corrected chi connectivity index (χ2v) is 9.42. The van der Waals surface area contributed by atoms with Crippen LogP contribution >= 0.6 is 0 Å². The fourth-order valence-corrected chi connectivity index (χ4v) is 5.35. The van der Waals surface area contributed by atoms with E-state index in [1.54, 1.807) is 0 Å². The summed E-state index contributed by atoms with van der Waals surface area (Å²) in [6.45, 7) is 8.39. The van der Waals surface area contributed by atoms with Crippen molar-refractivity contribution in [2.75, 3.05) is 44.2 Å². The Morgan fingerprint density at radius 3 is 2.47 bits per heavy atom. The summed E-state index contributed by atoms with van der Waals surface area (Å²) in [4.78, 5) is 9.10. The molecule has 2 unspecified atom stereocenters. The average Bonchev–Trinajstić information content (AvgIpc) is 3.32. The van der Waals surface area contributed by atoms with Gasteiger partial charge in [-0.2, -0.15) is 15.6 Å². The second-order valence-electron chi connectivity index (χ2n) is 9.42. The monoisotopic (exact) mass is 479 g/mol. The highest BCUT2D eigenvalue weighted by molar-refractivity contribution is 5.95. The molecule has 36 heavy (non-hydrogen) atoms. The third-order valence-electron chi connectivity index (χ3n) is 7.33. The van der Waals surface area contributed by atoms with Crippen LogP contribution in [0.5, 0.6) is 0 Å². The third kappa shape index (κ3) is 4.26. The van der Waals surface area contributed by atoms with Gasteiger partial charge in [-0.3, -0.25) is 15.0 Å². The molecular formula is C28H29N7O. The zero-order valence-electron chi connectivity index (χ0n) is 20.6. The number of nitrogens with zero attached hydrogens (tertiary/aromatic N) is 6. The van der Waals surface area contributed by atoms with Crippen molar-refractivity contribution in [1.29, 1.82) is 10.5 Å². The maximum absolute atomic E-state index is 9.87. The van der Waals surface area contributed by atoms with Crippen LogP contribution in [0, 0.1) is 28.6 Å². The van der Waals surface area contributed by atoms with Crippen molar-refractivity contribution in [3.8, 4) is 23.4 Å². The number of anilines is 1. The first kappa shape index (κ1) is 23.7. The number of piperazine rings is 1. The van der Waals surface area contributed by atoms with Gasteiger partial charge < -0.3 is 10.0 Å². The molecule has 3 heterocycles. The Labute approximate surface area is 210 Å². The maximum atomic E-state index is 9.87. The summed E-state index contributed by atoms with van der Waals surface area (Å²) in [7, 11) is 0. The van der Waals surface area contributed by atoms with Crippen molar-refractivity contribution in [3.05, 3.63) is 59.3 Å². The number of hydrogen-bond donors (Lipinski definition) is 2. The number of hydrogen-bond acceptors (Lipinski definition) is 7. The molecule has 8 nitrogen and oxygen atoms in total. The molecule has 2 aliphatic rings. The summed E-state index contributed by atoms with van der Waals surface area (Å²) in [6, 6.07) is 19.1. The number of fused-ring (bicyclic) bond motifs is 1. The Kier molecular flexibility index (Phi) is 6.56. The van der Waals surface area contributed by atoms with Crippen LogP contribution in [-0.4, -0.2) is 65.2 Å². The molecule has 0 saturated carbocycles. The molecule has 3 aromatic rings. The smallest absolute Gasteiger partial charge is 0.0999 e. The van der Waals surface area contributed by atoms with Gasteiger partial charge in [-0.15, -0.1) is 0 Å². The number of aromatic amines is 1. The number of aliphatic hydroxyl groups excluding tert-OH is 1. The van der Waals surface area contributed by atoms with Crippen LogP contribution in [0.3, 0.4) is 0 Å². The minimum atomic E-state index is -0.478. The summed E-state index contributed by atoms with van der Waals surface area (Å²) < 4.78 is 0. The molecule has 2 aliphatic heterocycles. The minimum absolute atomic E-state index is 0.201. The minimum Gasteiger partial charge on any atom is -0.395 e. The van der Waals surface area contributed by atoms with Gasteiger partial charge in [0, 0.05) is 61.0 Å². The van der Waals surface area contributed by atoms with E-state index in [-0.39, 0.29) is 12.5 Å². The van der Waals surface area contributed by atoms with E-state index in [0.717, 1.165) is 66.2 Å². The zero-order chi connectivity index (χ0) is 25.2. The second kappa shape index (κ2) is 9.94. The zero-order valence-corrected chi connectivity index (χ0v) is 20.6. The molecule has 1 saturated heterocycles. The quantitative estimate of drug-likeness (QED) is 0.575. The SMILES string of the molecule is CC1=NC(C)=C(C#N)C(c2ccc3[nH]nc(-c4ccc(N5CCN(CCO)CC5)cc4)c3c2)C1C#N. The number of aliphatic imine (C=N–C) groups is 1. The molecule has 182 valence electrons. The van der Waals surface area contributed by atoms with Crippen molar-refractivity contribution in [3.63, 3.8) is 0 Å². The molecule has 8 heteroatoms. The number of rotatable bonds is 5. The van der Waals surface area contributed by atoms with Crippen molar-refractivity contribution in [2.24, 2.45) is 10.9 Å². The van der Waals surface area contributed by atoms with Gasteiger partial charge >= 0.3 is 0 Å². The number of β-amino-alcohol motifs (C(OH)–C–C–N with tert-alkyl or cyclic N) is 1. The predicted octanol–water partition coefficient (Wildman–Crippen LogP) is 3.84. The molecule has 0 amide bonds. The summed E-state index contributed by atoms with van der Waals surface area (Å²) in [6.07, 6.45) is 0. The van der Waals surface area contributed by atoms with Crippen LogP contribution in [0.2, 0.25) is 0 Å². The van der Waals surface area contributed by atoms with Gasteiger partial charge in [0.15, 0.2) is 0 Å². The van der Waals surface area contributed by atoms with E-state index in [0.29, 0.717) is 11.3 Å². The summed E-state index contributed by atoms with van der Waals surface area (Å²) >= 11 is 0. The van der Waals surface area contributed by atoms with Crippen LogP contribution in [-0.2, 0) is 0 Å². The topological polar surface area (TPSA) is 115 Å². The van der Waals surface area contributed by atoms with Crippen LogP contribution in [0.15, 0.2) is 58.7 Å². The summed E-state index contributed by atoms with van der Waals surface area (Å²) in [5.74, 6) is -0.829. The molecule has 0 radical (unpaired) electrons. The number of allylic oxidation sites excluding steroid dienone is 2. The molecule has 0 aliphatic carbocycles. The fraction of sp³-hybridized carbons (Fsp3) is 0.357. The lowest BCUT2D eigenvalue weighted by Gasteiger charge is -2.35. The van der Waals surface area contributed by atoms with Crippen molar-refractivity contribution in [1.82, 2.24) is 15.1 Å². The maximum Gasteiger partial charge on any atom is 0.0999 e. The molecule has 5 rings (SSSR count). The van der Waals surface area contributed by atoms with Crippen molar-refractivity contribution < 1.29 is 5.11 Å². The van der Waals surface area contributed by atoms with Crippen LogP contribution in [0.25, 0.3) is 22.2 Å². The van der Waals surface area contributed by atoms with Crippen LogP contribution in [0.4, 0.5) is 5.69 Å². The highest BCUT2D eigenvalue weighted by atomic mass is 16.3. The van der Waals surface area contributed by atoms with Gasteiger partial charge in [-0.1, -0.05) is 18.2 Å². The Morgan fingerprint density at radius 1 is 1.06 bits per heavy atom. The molecule has 0 spiro atoms. The number of H-pyrrole nitrogens is 1. The normalized spacial score (nSPS) is 20.8. The van der Waals surface area contributed by atoms with Crippen LogP contribution < -0.4 is 4.90 Å². The number of nitrogens with one attached hydrogen (secondary N) is 1. The Bertz CT molecular complexity index is 1410. The lowest BCUT2D eigenvalue weighted by Crippen LogP contribution is -2.47. The van der Waals surface area contributed by atoms with E-state index in [1.165, 1.54) is 5.69 Å². The van der Waals surface area contributed by atoms with E-state index in [2.05, 4.69) is 67.5 Å². The molecular weight excluding hydrogens is 450 g/mol. The van der Waals surface area contributed by atoms with Gasteiger partial charge in [0.25, 0.3) is 0 Å². The average molecular weight is 480 g/mol. The van der Waals surface area contributed by atoms with Gasteiger partial charge in [-0.25, -0.2) is 0 Å². The standard InChI is InChI=1S/C28H29N7O/c1-18-24(16-29)27(25(17-30)19(2)31-18)21-5-8-26-23(15-21)28(33-32-26)20-3-6-22(7-4-20)35-11-9-34(10-12-35)13-14-36/h3-8,15,24,27,36H,9-14H2,1-2H3,(H,32,33). The number of benzene rings is 2. The lowest BCUT2D eigenvalue weighted by atomic mass is 9.76. The molecule has 2 aromatic carbocycles. The molecule has 0 bridgehead atoms. The molecule has 2 N–H and O–H groups in total. The van der Waals surface area contributed by atoms with E-state index < -0.39 is 5.92 Å². The summed E-state index contributed by atoms with van der Waals surface area (Å²) in [5, 5.41) is 37.6. The predicted molar refractivity (Wildman–Crippen MR) is 141 cm³/mol. The van der Waals surface area contributed by atoms with Crippen LogP contribution in [0.1, 0.15) is 25.3 Å². The Balaban J connectivity index is 1.45. The van der Waals surface area contributed by atoms with Crippen molar-refractivity contribution in [2.45, 2.75) is 19.8 Å². The van der Waals surface area contributed by atoms with E-state index in [4.69, 9.17) is 5.11 Å². The van der Waals surface area contributed by atoms with E-state index in [9.17, 15) is 10.5 Å². The first-order valence-electron chi connectivity index (χ1n) is 12.3. The number of aromatic nitrogens is 2. The molecule has 2 atom stereocenters. The van der Waals surface area contributed by atoms with Gasteiger partial charge in [-0.05, 0) is 43.7 Å². The number of aliphatic hydroxyl groups is 1. The number of nitriles is 2. The highest BCUT2D eigenvalue weighted by Gasteiger charge is 2.34. The Hall–Kier alpha value is -3.98. The van der Waals surface area contributed by atoms with Gasteiger partial charge in [0.1, 0.15) is 0 Å². The highest BCUT2D eigenvalue weighted by Crippen LogP contribution is 2.40. The Morgan fingerprint density at radius 2 is 1.81 bits per heavy atom. The van der Waals surface area contributed by atoms with E-state index >= 15 is 0 Å². The largest absolute Gasteiger partial charge is 0.395 e. The molecule has 1 fully saturated rings. The fourth-order valence-electron chi connectivity index (χ4n) is 5.35.